The number of nitrogens with one attached hydrogen (secondary N) is 2. The van der Waals surface area contributed by atoms with Crippen LogP contribution in [0.1, 0.15) is 74.0 Å². The molecule has 0 spiro atoms. The molecule has 1 aromatic heterocycles. The predicted octanol–water partition coefficient (Wildman–Crippen LogP) is 4.70. The summed E-state index contributed by atoms with van der Waals surface area (Å²) in [6, 6.07) is 18.8. The second-order valence-corrected chi connectivity index (χ2v) is 12.8. The highest BCUT2D eigenvalue weighted by molar-refractivity contribution is 6.00. The van der Waals surface area contributed by atoms with E-state index < -0.39 is 12.0 Å². The molecule has 1 saturated carbocycles. The normalized spacial score (nSPS) is 16.9. The molecule has 2 atom stereocenters. The fraction of sp³-hybridized carbons (Fsp3) is 0.486. The molecule has 10 nitrogen and oxygen atoms in total. The second kappa shape index (κ2) is 16.5. The maximum atomic E-state index is 13.6. The van der Waals surface area contributed by atoms with Crippen LogP contribution in [0, 0.1) is 11.8 Å². The predicted molar refractivity (Wildman–Crippen MR) is 182 cm³/mol. The van der Waals surface area contributed by atoms with E-state index in [-0.39, 0.29) is 35.8 Å². The van der Waals surface area contributed by atoms with E-state index in [9.17, 15) is 19.2 Å². The average Bonchev–Trinajstić information content (AvgIpc) is 3.81. The summed E-state index contributed by atoms with van der Waals surface area (Å²) in [5.41, 5.74) is 3.32. The minimum Gasteiger partial charge on any atom is -0.344 e. The van der Waals surface area contributed by atoms with E-state index in [0.717, 1.165) is 50.9 Å². The van der Waals surface area contributed by atoms with Gasteiger partial charge in [0.15, 0.2) is 5.78 Å². The third-order valence-corrected chi connectivity index (χ3v) is 9.56. The number of rotatable bonds is 14. The van der Waals surface area contributed by atoms with Crippen LogP contribution in [-0.2, 0) is 33.9 Å². The number of ketones is 1. The van der Waals surface area contributed by atoms with Crippen LogP contribution in [0.2, 0.25) is 0 Å². The van der Waals surface area contributed by atoms with Crippen LogP contribution in [0.5, 0.6) is 0 Å². The van der Waals surface area contributed by atoms with Crippen LogP contribution in [0.25, 0.3) is 0 Å². The highest BCUT2D eigenvalue weighted by Crippen LogP contribution is 2.34. The van der Waals surface area contributed by atoms with Crippen molar-refractivity contribution in [2.24, 2.45) is 11.8 Å². The summed E-state index contributed by atoms with van der Waals surface area (Å²) in [5.74, 6) is -0.680. The number of Topliss-reactive ketones (excluding diaryl/α,β-unsaturated/α-hetero) is 1. The van der Waals surface area contributed by atoms with Crippen molar-refractivity contribution >= 4 is 29.2 Å². The lowest BCUT2D eigenvalue weighted by Gasteiger charge is -2.36. The number of benzene rings is 2. The first-order valence-corrected chi connectivity index (χ1v) is 17.1. The van der Waals surface area contributed by atoms with Gasteiger partial charge in [0.25, 0.3) is 0 Å². The number of nitrogens with zero attached hydrogens (tertiary/aromatic N) is 4. The van der Waals surface area contributed by atoms with Crippen molar-refractivity contribution in [1.82, 2.24) is 24.9 Å². The fourth-order valence-corrected chi connectivity index (χ4v) is 6.84. The van der Waals surface area contributed by atoms with E-state index in [1.54, 1.807) is 23.9 Å². The molecule has 3 aromatic rings. The first kappa shape index (κ1) is 34.0. The van der Waals surface area contributed by atoms with Crippen molar-refractivity contribution in [1.29, 1.82) is 0 Å². The Morgan fingerprint density at radius 2 is 1.57 bits per heavy atom. The van der Waals surface area contributed by atoms with E-state index in [2.05, 4.69) is 32.8 Å². The number of hydrogen-bond donors (Lipinski definition) is 2. The zero-order valence-corrected chi connectivity index (χ0v) is 27.7. The zero-order valence-electron chi connectivity index (χ0n) is 27.7. The number of hydrogen-bond acceptors (Lipinski definition) is 6. The molecule has 2 aliphatic rings. The van der Waals surface area contributed by atoms with E-state index >= 15 is 0 Å². The van der Waals surface area contributed by atoms with Crippen LogP contribution < -0.4 is 10.6 Å². The van der Waals surface area contributed by atoms with Crippen molar-refractivity contribution in [3.05, 3.63) is 83.7 Å². The number of aryl methyl sites for hydroxylation is 1. The molecule has 0 radical (unpaired) electrons. The molecule has 2 aromatic carbocycles. The van der Waals surface area contributed by atoms with Crippen LogP contribution in [0.15, 0.2) is 66.9 Å². The Morgan fingerprint density at radius 1 is 0.872 bits per heavy atom. The Kier molecular flexibility index (Phi) is 11.9. The van der Waals surface area contributed by atoms with Crippen LogP contribution in [-0.4, -0.2) is 75.3 Å². The molecular weight excluding hydrogens is 592 g/mol. The molecule has 0 unspecified atom stereocenters. The molecule has 2 N–H and O–H groups in total. The van der Waals surface area contributed by atoms with Crippen molar-refractivity contribution in [2.75, 3.05) is 31.5 Å². The summed E-state index contributed by atoms with van der Waals surface area (Å²) in [4.78, 5) is 57.1. The minimum absolute atomic E-state index is 0.0609. The molecule has 250 valence electrons. The summed E-state index contributed by atoms with van der Waals surface area (Å²) < 4.78 is 1.68. The highest BCUT2D eigenvalue weighted by atomic mass is 16.2. The lowest BCUT2D eigenvalue weighted by molar-refractivity contribution is -0.138. The largest absolute Gasteiger partial charge is 0.344 e. The molecule has 2 fully saturated rings. The maximum Gasteiger partial charge on any atom is 0.245 e. The third kappa shape index (κ3) is 9.16. The standard InChI is InChI=1S/C37H48N6O4/c1-3-35(45)40-32(37(47)42-22-20-41(21-23-42)26-28-10-6-5-7-11-28)24-27-14-16-30(17-15-27)39-36(46)31(29-12-8-9-13-29)25-34(44)33-18-19-38-43(33)4-2/h5-7,10-11,14-19,29,31-32H,3-4,8-9,12-13,20-26H2,1-2H3,(H,39,46)(H,40,45)/t31-,32+/m0/s1. The fourth-order valence-electron chi connectivity index (χ4n) is 6.84. The Hall–Kier alpha value is -4.31. The number of aromatic nitrogens is 2. The molecule has 47 heavy (non-hydrogen) atoms. The summed E-state index contributed by atoms with van der Waals surface area (Å²) in [6.45, 7) is 7.95. The summed E-state index contributed by atoms with van der Waals surface area (Å²) >= 11 is 0. The van der Waals surface area contributed by atoms with Gasteiger partial charge in [0.1, 0.15) is 11.7 Å². The lowest BCUT2D eigenvalue weighted by Crippen LogP contribution is -2.55. The van der Waals surface area contributed by atoms with Gasteiger partial charge < -0.3 is 15.5 Å². The highest BCUT2D eigenvalue weighted by Gasteiger charge is 2.34. The Labute approximate surface area is 277 Å². The Bertz CT molecular complexity index is 1490. The van der Waals surface area contributed by atoms with E-state index in [1.807, 2.05) is 54.3 Å². The van der Waals surface area contributed by atoms with Crippen LogP contribution in [0.3, 0.4) is 0 Å². The quantitative estimate of drug-likeness (QED) is 0.247. The Balaban J connectivity index is 1.20. The monoisotopic (exact) mass is 640 g/mol. The van der Waals surface area contributed by atoms with Crippen LogP contribution in [0.4, 0.5) is 5.69 Å². The SMILES string of the molecule is CCC(=O)N[C@H](Cc1ccc(NC(=O)[C@@H](CC(=O)c2ccnn2CC)C2CCCC2)cc1)C(=O)N1CCN(Cc2ccccc2)CC1. The molecule has 3 amide bonds. The summed E-state index contributed by atoms with van der Waals surface area (Å²) in [7, 11) is 0. The number of piperazine rings is 1. The van der Waals surface area contributed by atoms with Gasteiger partial charge in [0, 0.05) is 76.3 Å². The van der Waals surface area contributed by atoms with Crippen molar-refractivity contribution in [3.8, 4) is 0 Å². The van der Waals surface area contributed by atoms with Crippen LogP contribution >= 0.6 is 0 Å². The Morgan fingerprint density at radius 3 is 2.23 bits per heavy atom. The number of carbonyl (C=O) groups excluding carboxylic acids is 4. The van der Waals surface area contributed by atoms with Crippen molar-refractivity contribution < 1.29 is 19.2 Å². The number of carbonyl (C=O) groups is 4. The molecule has 5 rings (SSSR count). The molecule has 1 saturated heterocycles. The summed E-state index contributed by atoms with van der Waals surface area (Å²) in [6.07, 6.45) is 6.46. The number of amides is 3. The minimum atomic E-state index is -0.669. The molecule has 10 heteroatoms. The topological polar surface area (TPSA) is 117 Å². The average molecular weight is 641 g/mol. The zero-order chi connectivity index (χ0) is 33.2. The van der Waals surface area contributed by atoms with Gasteiger partial charge in [-0.15, -0.1) is 0 Å². The first-order valence-electron chi connectivity index (χ1n) is 17.1. The summed E-state index contributed by atoms with van der Waals surface area (Å²) in [5, 5.41) is 10.2. The molecule has 0 bridgehead atoms. The van der Waals surface area contributed by atoms with Gasteiger partial charge in [0.2, 0.25) is 17.7 Å². The van der Waals surface area contributed by atoms with Gasteiger partial charge in [-0.25, -0.2) is 0 Å². The molecule has 2 heterocycles. The molecule has 1 aliphatic carbocycles. The van der Waals surface area contributed by atoms with Crippen molar-refractivity contribution in [3.63, 3.8) is 0 Å². The third-order valence-electron chi connectivity index (χ3n) is 9.56. The van der Waals surface area contributed by atoms with Gasteiger partial charge in [0.05, 0.1) is 0 Å². The van der Waals surface area contributed by atoms with Gasteiger partial charge in [-0.2, -0.15) is 5.10 Å². The van der Waals surface area contributed by atoms with Gasteiger partial charge in [-0.3, -0.25) is 28.8 Å². The maximum absolute atomic E-state index is 13.6. The molecule has 1 aliphatic heterocycles. The first-order chi connectivity index (χ1) is 22.8. The van der Waals surface area contributed by atoms with E-state index in [1.165, 1.54) is 5.56 Å². The smallest absolute Gasteiger partial charge is 0.245 e. The lowest BCUT2D eigenvalue weighted by atomic mass is 9.85. The van der Waals surface area contributed by atoms with Gasteiger partial charge in [-0.1, -0.05) is 62.2 Å². The second-order valence-electron chi connectivity index (χ2n) is 12.8. The van der Waals surface area contributed by atoms with Gasteiger partial charge >= 0.3 is 0 Å². The molecular formula is C37H48N6O4. The van der Waals surface area contributed by atoms with Gasteiger partial charge in [-0.05, 0) is 55.0 Å². The van der Waals surface area contributed by atoms with E-state index in [0.29, 0.717) is 43.9 Å². The van der Waals surface area contributed by atoms with E-state index in [4.69, 9.17) is 0 Å². The number of anilines is 1. The van der Waals surface area contributed by atoms with Crippen molar-refractivity contribution in [2.45, 2.75) is 77.9 Å².